The summed E-state index contributed by atoms with van der Waals surface area (Å²) >= 11 is 13.0. The molecule has 0 amide bonds. The Labute approximate surface area is 225 Å². The third-order valence-electron chi connectivity index (χ3n) is 7.20. The molecule has 2 aliphatic rings. The number of nitrogens with zero attached hydrogens (tertiary/aromatic N) is 1. The number of hydrogen-bond acceptors (Lipinski definition) is 5. The van der Waals surface area contributed by atoms with Gasteiger partial charge in [-0.25, -0.2) is 4.79 Å². The van der Waals surface area contributed by atoms with Gasteiger partial charge >= 0.3 is 5.97 Å². The van der Waals surface area contributed by atoms with Crippen molar-refractivity contribution in [2.45, 2.75) is 44.6 Å². The van der Waals surface area contributed by atoms with Gasteiger partial charge in [-0.2, -0.15) is 0 Å². The van der Waals surface area contributed by atoms with E-state index < -0.39 is 0 Å². The van der Waals surface area contributed by atoms with Crippen LogP contribution in [0, 0.1) is 0 Å². The van der Waals surface area contributed by atoms with E-state index in [1.165, 1.54) is 23.8 Å². The highest BCUT2D eigenvalue weighted by Gasteiger charge is 2.33. The molecule has 1 heterocycles. The SMILES string of the molecule is COC(=O)c1ccc2c(c1)Cc1ccc(OCc3c(-c4c(Cl)cccc4Cl)noc3C3CC3)cc1CC2. The number of halogens is 2. The molecule has 3 aromatic carbocycles. The van der Waals surface area contributed by atoms with Crippen molar-refractivity contribution >= 4 is 29.2 Å². The van der Waals surface area contributed by atoms with Crippen molar-refractivity contribution < 1.29 is 18.8 Å². The highest BCUT2D eigenvalue weighted by molar-refractivity contribution is 6.39. The number of hydrogen-bond donors (Lipinski definition) is 0. The van der Waals surface area contributed by atoms with Gasteiger partial charge in [-0.15, -0.1) is 0 Å². The van der Waals surface area contributed by atoms with Gasteiger partial charge in [0.2, 0.25) is 0 Å². The number of fused-ring (bicyclic) bond motifs is 2. The predicted octanol–water partition coefficient (Wildman–Crippen LogP) is 7.58. The molecule has 0 bridgehead atoms. The molecule has 4 aromatic rings. The van der Waals surface area contributed by atoms with Crippen molar-refractivity contribution in [3.8, 4) is 17.0 Å². The molecule has 5 nitrogen and oxygen atoms in total. The van der Waals surface area contributed by atoms with Crippen LogP contribution in [0.3, 0.4) is 0 Å². The first kappa shape index (κ1) is 24.1. The van der Waals surface area contributed by atoms with Gasteiger partial charge < -0.3 is 14.0 Å². The van der Waals surface area contributed by atoms with Crippen LogP contribution in [0.1, 0.15) is 62.7 Å². The summed E-state index contributed by atoms with van der Waals surface area (Å²) in [5.74, 6) is 1.70. The van der Waals surface area contributed by atoms with Gasteiger partial charge in [-0.1, -0.05) is 46.6 Å². The smallest absolute Gasteiger partial charge is 0.337 e. The number of carbonyl (C=O) groups excluding carboxylic acids is 1. The number of ether oxygens (including phenoxy) is 2. The van der Waals surface area contributed by atoms with Crippen LogP contribution in [0.4, 0.5) is 0 Å². The molecule has 0 spiro atoms. The Morgan fingerprint density at radius 1 is 0.973 bits per heavy atom. The number of rotatable bonds is 6. The average molecular weight is 534 g/mol. The molecule has 0 N–H and O–H groups in total. The maximum Gasteiger partial charge on any atom is 0.337 e. The molecule has 0 radical (unpaired) electrons. The van der Waals surface area contributed by atoms with Crippen LogP contribution in [0.15, 0.2) is 59.1 Å². The third kappa shape index (κ3) is 4.74. The maximum absolute atomic E-state index is 12.0. The second-order valence-corrected chi connectivity index (χ2v) is 10.4. The molecular weight excluding hydrogens is 509 g/mol. The van der Waals surface area contributed by atoms with E-state index in [2.05, 4.69) is 17.3 Å². The molecular formula is C30H25Cl2NO4. The zero-order valence-corrected chi connectivity index (χ0v) is 21.9. The van der Waals surface area contributed by atoms with Crippen LogP contribution in [0.2, 0.25) is 10.0 Å². The number of methoxy groups -OCH3 is 1. The molecule has 1 fully saturated rings. The number of esters is 1. The second-order valence-electron chi connectivity index (χ2n) is 9.62. The van der Waals surface area contributed by atoms with E-state index in [4.69, 9.17) is 37.2 Å². The van der Waals surface area contributed by atoms with E-state index in [1.54, 1.807) is 12.1 Å². The van der Waals surface area contributed by atoms with Crippen molar-refractivity contribution in [2.75, 3.05) is 7.11 Å². The molecule has 7 heteroatoms. The first-order valence-corrected chi connectivity index (χ1v) is 13.1. The van der Waals surface area contributed by atoms with E-state index >= 15 is 0 Å². The van der Waals surface area contributed by atoms with Crippen LogP contribution in [-0.4, -0.2) is 18.2 Å². The minimum absolute atomic E-state index is 0.312. The zero-order chi connectivity index (χ0) is 25.5. The molecule has 1 aromatic heterocycles. The van der Waals surface area contributed by atoms with E-state index in [0.29, 0.717) is 39.4 Å². The summed E-state index contributed by atoms with van der Waals surface area (Å²) < 4.78 is 17.0. The first-order chi connectivity index (χ1) is 18.0. The number of benzene rings is 3. The second kappa shape index (κ2) is 9.88. The molecule has 6 rings (SSSR count). The monoisotopic (exact) mass is 533 g/mol. The van der Waals surface area contributed by atoms with Gasteiger partial charge in [0, 0.05) is 11.5 Å². The highest BCUT2D eigenvalue weighted by atomic mass is 35.5. The van der Waals surface area contributed by atoms with Crippen LogP contribution in [0.5, 0.6) is 5.75 Å². The Hall–Kier alpha value is -3.28. The number of carbonyl (C=O) groups is 1. The summed E-state index contributed by atoms with van der Waals surface area (Å²) in [7, 11) is 1.41. The highest BCUT2D eigenvalue weighted by Crippen LogP contribution is 2.46. The molecule has 37 heavy (non-hydrogen) atoms. The normalized spacial score (nSPS) is 14.5. The Morgan fingerprint density at radius 2 is 1.73 bits per heavy atom. The minimum Gasteiger partial charge on any atom is -0.489 e. The molecule has 0 saturated heterocycles. The van der Waals surface area contributed by atoms with Gasteiger partial charge in [0.25, 0.3) is 0 Å². The fourth-order valence-electron chi connectivity index (χ4n) is 5.05. The first-order valence-electron chi connectivity index (χ1n) is 12.4. The standard InChI is InChI=1S/C30H25Cl2NO4/c1-35-30(34)21-10-6-17-5-9-20-15-23(12-11-19(20)13-22(17)14-21)36-16-24-28(33-37-29(24)18-7-8-18)27-25(31)3-2-4-26(27)32/h2-4,6,10-12,14-15,18H,5,7-9,13,16H2,1H3. The van der Waals surface area contributed by atoms with Gasteiger partial charge in [0.1, 0.15) is 23.8 Å². The van der Waals surface area contributed by atoms with Gasteiger partial charge in [-0.05, 0) is 90.8 Å². The molecule has 1 saturated carbocycles. The third-order valence-corrected chi connectivity index (χ3v) is 7.83. The van der Waals surface area contributed by atoms with Crippen molar-refractivity contribution in [3.63, 3.8) is 0 Å². The largest absolute Gasteiger partial charge is 0.489 e. The summed E-state index contributed by atoms with van der Waals surface area (Å²) in [4.78, 5) is 12.0. The predicted molar refractivity (Wildman–Crippen MR) is 143 cm³/mol. The van der Waals surface area contributed by atoms with E-state index in [1.807, 2.05) is 30.3 Å². The molecule has 0 atom stereocenters. The number of aromatic nitrogens is 1. The van der Waals surface area contributed by atoms with E-state index in [9.17, 15) is 4.79 Å². The van der Waals surface area contributed by atoms with Crippen molar-refractivity contribution in [1.82, 2.24) is 5.16 Å². The fourth-order valence-corrected chi connectivity index (χ4v) is 5.63. The Kier molecular flexibility index (Phi) is 6.43. The summed E-state index contributed by atoms with van der Waals surface area (Å²) in [5, 5.41) is 5.42. The summed E-state index contributed by atoms with van der Waals surface area (Å²) in [6.45, 7) is 0.313. The Balaban J connectivity index is 1.26. The van der Waals surface area contributed by atoms with Crippen molar-refractivity contribution in [2.24, 2.45) is 0 Å². The summed E-state index contributed by atoms with van der Waals surface area (Å²) in [6, 6.07) is 17.5. The Bertz CT molecular complexity index is 1490. The zero-order valence-electron chi connectivity index (χ0n) is 20.4. The van der Waals surface area contributed by atoms with Crippen LogP contribution in [-0.2, 0) is 30.6 Å². The van der Waals surface area contributed by atoms with Crippen LogP contribution in [0.25, 0.3) is 11.3 Å². The summed E-state index contributed by atoms with van der Waals surface area (Å²) in [5.41, 5.74) is 7.70. The van der Waals surface area contributed by atoms with E-state index in [0.717, 1.165) is 54.7 Å². The molecule has 2 aliphatic carbocycles. The van der Waals surface area contributed by atoms with E-state index in [-0.39, 0.29) is 5.97 Å². The lowest BCUT2D eigenvalue weighted by atomic mass is 9.98. The van der Waals surface area contributed by atoms with Crippen LogP contribution < -0.4 is 4.74 Å². The van der Waals surface area contributed by atoms with Crippen molar-refractivity contribution in [1.29, 1.82) is 0 Å². The average Bonchev–Trinajstić information content (AvgIpc) is 3.69. The summed E-state index contributed by atoms with van der Waals surface area (Å²) in [6.07, 6.45) is 4.73. The molecule has 0 unspecified atom stereocenters. The van der Waals surface area contributed by atoms with Gasteiger partial charge in [0.15, 0.2) is 0 Å². The maximum atomic E-state index is 12.0. The van der Waals surface area contributed by atoms with Crippen LogP contribution >= 0.6 is 23.2 Å². The van der Waals surface area contributed by atoms with Gasteiger partial charge in [-0.3, -0.25) is 0 Å². The molecule has 0 aliphatic heterocycles. The van der Waals surface area contributed by atoms with Gasteiger partial charge in [0.05, 0.1) is 28.3 Å². The topological polar surface area (TPSA) is 61.6 Å². The lowest BCUT2D eigenvalue weighted by Crippen LogP contribution is -2.03. The molecule has 188 valence electrons. The number of aryl methyl sites for hydroxylation is 2. The lowest BCUT2D eigenvalue weighted by Gasteiger charge is -2.12. The minimum atomic E-state index is -0.312. The quantitative estimate of drug-likeness (QED) is 0.239. The fraction of sp³-hybridized carbons (Fsp3) is 0.267. The van der Waals surface area contributed by atoms with Crippen molar-refractivity contribution in [3.05, 3.63) is 104 Å². The Morgan fingerprint density at radius 3 is 2.49 bits per heavy atom. The lowest BCUT2D eigenvalue weighted by molar-refractivity contribution is 0.0600.